The molecule has 1 atom stereocenters. The van der Waals surface area contributed by atoms with Gasteiger partial charge >= 0.3 is 17.9 Å². The quantitative estimate of drug-likeness (QED) is 0.456. The Labute approximate surface area is 212 Å². The van der Waals surface area contributed by atoms with Crippen molar-refractivity contribution in [3.8, 4) is 5.75 Å². The number of piperazine rings is 1. The number of nitrogens with one attached hydrogen (secondary N) is 2. The number of urea groups is 1. The fourth-order valence-corrected chi connectivity index (χ4v) is 4.25. The third-order valence-corrected chi connectivity index (χ3v) is 6.78. The summed E-state index contributed by atoms with van der Waals surface area (Å²) in [4.78, 5) is 40.5. The summed E-state index contributed by atoms with van der Waals surface area (Å²) >= 11 is 0. The highest BCUT2D eigenvalue weighted by molar-refractivity contribution is 6.01. The van der Waals surface area contributed by atoms with Crippen LogP contribution in [0.4, 0.5) is 21.9 Å². The number of carbonyl (C=O) groups is 3. The molecule has 10 nitrogen and oxygen atoms in total. The smallest absolute Gasteiger partial charge is 0.323 e. The second-order valence-corrected chi connectivity index (χ2v) is 9.22. The first-order valence-corrected chi connectivity index (χ1v) is 12.0. The van der Waals surface area contributed by atoms with E-state index in [0.29, 0.717) is 37.6 Å². The number of nitrogens with zero attached hydrogens (tertiary/aromatic N) is 3. The van der Waals surface area contributed by atoms with E-state index >= 15 is 0 Å². The van der Waals surface area contributed by atoms with Crippen molar-refractivity contribution in [1.29, 1.82) is 0 Å². The Morgan fingerprint density at radius 3 is 2.25 bits per heavy atom. The average Bonchev–Trinajstić information content (AvgIpc) is 2.84. The van der Waals surface area contributed by atoms with Gasteiger partial charge in [-0.15, -0.1) is 0 Å². The second-order valence-electron chi connectivity index (χ2n) is 9.22. The van der Waals surface area contributed by atoms with Crippen LogP contribution >= 0.6 is 0 Å². The number of carboxylic acids is 1. The van der Waals surface area contributed by atoms with Crippen molar-refractivity contribution in [3.63, 3.8) is 0 Å². The molecule has 194 valence electrons. The predicted octanol–water partition coefficient (Wildman–Crippen LogP) is 2.83. The molecule has 0 bridgehead atoms. The monoisotopic (exact) mass is 498 g/mol. The largest absolute Gasteiger partial charge is 0.494 e. The molecular formula is C26H36N5O5+. The first-order valence-electron chi connectivity index (χ1n) is 12.0. The number of para-hydroxylation sites is 1. The number of ether oxygens (including phenoxy) is 1. The predicted molar refractivity (Wildman–Crippen MR) is 141 cm³/mol. The van der Waals surface area contributed by atoms with Gasteiger partial charge in [-0.3, -0.25) is 14.6 Å². The molecule has 36 heavy (non-hydrogen) atoms. The van der Waals surface area contributed by atoms with E-state index in [1.165, 1.54) is 7.11 Å². The summed E-state index contributed by atoms with van der Waals surface area (Å²) in [5.74, 6) is -0.372. The number of carbonyl (C=O) groups excluding carboxylic acids is 2. The molecule has 0 radical (unpaired) electrons. The van der Waals surface area contributed by atoms with E-state index in [9.17, 15) is 14.4 Å². The van der Waals surface area contributed by atoms with E-state index in [2.05, 4.69) is 15.5 Å². The van der Waals surface area contributed by atoms with Crippen LogP contribution in [0.1, 0.15) is 12.5 Å². The molecule has 0 aliphatic carbocycles. The highest BCUT2D eigenvalue weighted by Gasteiger charge is 2.33. The number of carboxylic acid groups (broad SMARTS) is 1. The van der Waals surface area contributed by atoms with Crippen molar-refractivity contribution < 1.29 is 24.2 Å². The van der Waals surface area contributed by atoms with Crippen molar-refractivity contribution in [2.75, 3.05) is 70.6 Å². The van der Waals surface area contributed by atoms with Crippen LogP contribution in [0.5, 0.6) is 5.75 Å². The number of rotatable bonds is 9. The second kappa shape index (κ2) is 12.0. The summed E-state index contributed by atoms with van der Waals surface area (Å²) < 4.78 is 5.62. The Hall–Kier alpha value is -3.47. The lowest BCUT2D eigenvalue weighted by molar-refractivity contribution is -0.138. The van der Waals surface area contributed by atoms with E-state index in [1.807, 2.05) is 49.2 Å². The molecule has 1 aliphatic rings. The fourth-order valence-electron chi connectivity index (χ4n) is 4.25. The zero-order chi connectivity index (χ0) is 26.3. The zero-order valence-electron chi connectivity index (χ0n) is 21.4. The van der Waals surface area contributed by atoms with E-state index in [1.54, 1.807) is 19.1 Å². The third kappa shape index (κ3) is 6.81. The molecule has 2 aromatic carbocycles. The molecule has 10 heteroatoms. The molecule has 0 saturated carbocycles. The lowest BCUT2D eigenvalue weighted by Crippen LogP contribution is -2.55. The average molecular weight is 499 g/mol. The maximum absolute atomic E-state index is 12.8. The molecular weight excluding hydrogens is 462 g/mol. The summed E-state index contributed by atoms with van der Waals surface area (Å²) in [6.45, 7) is 7.68. The lowest BCUT2D eigenvalue weighted by Gasteiger charge is -2.37. The molecule has 1 fully saturated rings. The molecule has 2 aromatic rings. The highest BCUT2D eigenvalue weighted by atomic mass is 16.5. The van der Waals surface area contributed by atoms with Crippen molar-refractivity contribution in [2.45, 2.75) is 13.8 Å². The maximum atomic E-state index is 12.8. The Bertz CT molecular complexity index is 1100. The van der Waals surface area contributed by atoms with Crippen LogP contribution in [0.2, 0.25) is 0 Å². The minimum atomic E-state index is -0.816. The number of benzene rings is 2. The van der Waals surface area contributed by atoms with E-state index in [0.717, 1.165) is 30.0 Å². The van der Waals surface area contributed by atoms with Crippen LogP contribution in [-0.4, -0.2) is 92.8 Å². The molecule has 1 aliphatic heterocycles. The van der Waals surface area contributed by atoms with Crippen molar-refractivity contribution in [3.05, 3.63) is 48.0 Å². The molecule has 1 saturated heterocycles. The van der Waals surface area contributed by atoms with Crippen molar-refractivity contribution in [1.82, 2.24) is 14.3 Å². The standard InChI is InChI=1S/C26H35N5O5/c1-19-7-5-6-8-22(19)27-26(35)28-23-10-9-21(17-24(23)36-4)31(3,20(2)32)16-15-29-11-13-30(14-12-29)18-25(33)34/h5-10,17H,11-16,18H2,1-4H3,(H2-,27,28,33,34,35)/p+1. The number of aliphatic carboxylic acids is 1. The minimum Gasteiger partial charge on any atom is -0.494 e. The van der Waals surface area contributed by atoms with Crippen LogP contribution in [0, 0.1) is 6.92 Å². The summed E-state index contributed by atoms with van der Waals surface area (Å²) in [6.07, 6.45) is 0. The number of aryl methyl sites for hydroxylation is 1. The zero-order valence-corrected chi connectivity index (χ0v) is 21.4. The summed E-state index contributed by atoms with van der Waals surface area (Å²) in [7, 11) is 3.40. The van der Waals surface area contributed by atoms with Gasteiger partial charge in [0.05, 0.1) is 33.3 Å². The Morgan fingerprint density at radius 2 is 1.64 bits per heavy atom. The molecule has 3 rings (SSSR count). The van der Waals surface area contributed by atoms with Gasteiger partial charge in [0.25, 0.3) is 0 Å². The minimum absolute atomic E-state index is 0.0143. The Kier molecular flexibility index (Phi) is 9.03. The van der Waals surface area contributed by atoms with Gasteiger partial charge in [-0.1, -0.05) is 18.2 Å². The summed E-state index contributed by atoms with van der Waals surface area (Å²) in [5, 5.41) is 14.6. The number of hydrogen-bond acceptors (Lipinski definition) is 6. The van der Waals surface area contributed by atoms with Gasteiger partial charge in [0.2, 0.25) is 0 Å². The molecule has 3 amide bonds. The maximum Gasteiger partial charge on any atom is 0.323 e. The van der Waals surface area contributed by atoms with Gasteiger partial charge in [-0.05, 0) is 24.6 Å². The van der Waals surface area contributed by atoms with E-state index < -0.39 is 5.97 Å². The SMILES string of the molecule is COc1cc([N+](C)(CCN2CCN(CC(=O)O)CC2)C(C)=O)ccc1NC(=O)Nc1ccccc1C. The number of quaternary nitrogens is 1. The van der Waals surface area contributed by atoms with Crippen LogP contribution in [0.25, 0.3) is 0 Å². The Balaban J connectivity index is 1.68. The first kappa shape index (κ1) is 27.1. The van der Waals surface area contributed by atoms with Crippen molar-refractivity contribution in [2.24, 2.45) is 0 Å². The molecule has 1 unspecified atom stereocenters. The van der Waals surface area contributed by atoms with Crippen LogP contribution in [-0.2, 0) is 9.59 Å². The molecule has 0 aromatic heterocycles. The van der Waals surface area contributed by atoms with Gasteiger partial charge < -0.3 is 20.5 Å². The van der Waals surface area contributed by atoms with Crippen LogP contribution in [0.3, 0.4) is 0 Å². The van der Waals surface area contributed by atoms with E-state index in [-0.39, 0.29) is 23.0 Å². The Morgan fingerprint density at radius 1 is 1.00 bits per heavy atom. The van der Waals surface area contributed by atoms with Crippen LogP contribution in [0.15, 0.2) is 42.5 Å². The number of amides is 3. The highest BCUT2D eigenvalue weighted by Crippen LogP contribution is 2.33. The van der Waals surface area contributed by atoms with Gasteiger partial charge in [0, 0.05) is 50.5 Å². The molecule has 1 heterocycles. The van der Waals surface area contributed by atoms with Gasteiger partial charge in [0.1, 0.15) is 18.0 Å². The van der Waals surface area contributed by atoms with Crippen LogP contribution < -0.4 is 19.9 Å². The normalized spacial score (nSPS) is 16.1. The number of likely N-dealkylation sites (N-methyl/N-ethyl adjacent to an activating group) is 1. The van der Waals surface area contributed by atoms with Gasteiger partial charge in [-0.25, -0.2) is 14.1 Å². The number of hydrogen-bond donors (Lipinski definition) is 3. The lowest BCUT2D eigenvalue weighted by atomic mass is 10.2. The van der Waals surface area contributed by atoms with Crippen molar-refractivity contribution >= 4 is 35.0 Å². The molecule has 3 N–H and O–H groups in total. The topological polar surface area (TPSA) is 111 Å². The fraction of sp³-hybridized carbons (Fsp3) is 0.423. The molecule has 0 spiro atoms. The third-order valence-electron chi connectivity index (χ3n) is 6.78. The summed E-state index contributed by atoms with van der Waals surface area (Å²) in [5.41, 5.74) is 2.92. The number of methoxy groups -OCH3 is 1. The first-order chi connectivity index (χ1) is 17.1. The summed E-state index contributed by atoms with van der Waals surface area (Å²) in [6, 6.07) is 12.5. The van der Waals surface area contributed by atoms with Gasteiger partial charge in [0.15, 0.2) is 0 Å². The van der Waals surface area contributed by atoms with Gasteiger partial charge in [-0.2, -0.15) is 0 Å². The van der Waals surface area contributed by atoms with E-state index in [4.69, 9.17) is 9.84 Å². The number of anilines is 2.